The predicted octanol–water partition coefficient (Wildman–Crippen LogP) is 5.20. The van der Waals surface area contributed by atoms with E-state index in [1.54, 1.807) is 0 Å². The van der Waals surface area contributed by atoms with Crippen LogP contribution in [0.4, 0.5) is 0 Å². The van der Waals surface area contributed by atoms with Gasteiger partial charge in [0.25, 0.3) is 0 Å². The topological polar surface area (TPSA) is 25.2 Å². The van der Waals surface area contributed by atoms with Crippen molar-refractivity contribution in [3.8, 4) is 0 Å². The van der Waals surface area contributed by atoms with E-state index < -0.39 is 0 Å². The van der Waals surface area contributed by atoms with Gasteiger partial charge in [0, 0.05) is 5.92 Å². The molecule has 114 valence electrons. The molecule has 1 N–H and O–H groups in total. The van der Waals surface area contributed by atoms with Crippen molar-refractivity contribution in [1.82, 2.24) is 5.32 Å². The Balaban J connectivity index is 2.17. The maximum absolute atomic E-state index is 5.80. The van der Waals surface area contributed by atoms with E-state index in [4.69, 9.17) is 4.42 Å². The Kier molecular flexibility index (Phi) is 5.36. The van der Waals surface area contributed by atoms with Crippen LogP contribution >= 0.6 is 15.9 Å². The maximum Gasteiger partial charge on any atom is 0.121 e. The highest BCUT2D eigenvalue weighted by molar-refractivity contribution is 9.10. The van der Waals surface area contributed by atoms with Gasteiger partial charge < -0.3 is 9.73 Å². The molecule has 1 heterocycles. The molecule has 1 aliphatic rings. The average molecular weight is 342 g/mol. The molecule has 20 heavy (non-hydrogen) atoms. The smallest absolute Gasteiger partial charge is 0.121 e. The van der Waals surface area contributed by atoms with Gasteiger partial charge in [-0.2, -0.15) is 0 Å². The molecule has 2 rings (SSSR count). The molecular weight excluding hydrogens is 314 g/mol. The first-order chi connectivity index (χ1) is 9.43. The fraction of sp³-hybridized carbons (Fsp3) is 0.765. The van der Waals surface area contributed by atoms with Crippen molar-refractivity contribution in [2.45, 2.75) is 52.9 Å². The molecule has 3 heteroatoms. The minimum Gasteiger partial charge on any atom is -0.468 e. The summed E-state index contributed by atoms with van der Waals surface area (Å²) in [4.78, 5) is 0. The molecule has 1 saturated carbocycles. The Bertz CT molecular complexity index is 421. The molecule has 0 radical (unpaired) electrons. The van der Waals surface area contributed by atoms with E-state index in [1.165, 1.54) is 19.3 Å². The maximum atomic E-state index is 5.80. The molecule has 0 spiro atoms. The van der Waals surface area contributed by atoms with Crippen LogP contribution in [0.25, 0.3) is 0 Å². The first kappa shape index (κ1) is 16.1. The third-order valence-electron chi connectivity index (χ3n) is 4.86. The van der Waals surface area contributed by atoms with Crippen molar-refractivity contribution in [3.05, 3.63) is 22.6 Å². The van der Waals surface area contributed by atoms with Crippen molar-refractivity contribution < 1.29 is 4.42 Å². The van der Waals surface area contributed by atoms with Crippen LogP contribution in [-0.2, 0) is 0 Å². The van der Waals surface area contributed by atoms with Crippen molar-refractivity contribution in [1.29, 1.82) is 0 Å². The number of furan rings is 1. The molecule has 0 aromatic carbocycles. The summed E-state index contributed by atoms with van der Waals surface area (Å²) >= 11 is 3.65. The first-order valence-electron chi connectivity index (χ1n) is 7.87. The van der Waals surface area contributed by atoms with Crippen molar-refractivity contribution in [2.24, 2.45) is 17.3 Å². The highest BCUT2D eigenvalue weighted by Gasteiger charge is 2.38. The van der Waals surface area contributed by atoms with Crippen LogP contribution in [-0.4, -0.2) is 13.1 Å². The van der Waals surface area contributed by atoms with E-state index in [2.05, 4.69) is 48.9 Å². The van der Waals surface area contributed by atoms with E-state index in [0.29, 0.717) is 17.3 Å². The number of nitrogens with one attached hydrogen (secondary N) is 1. The van der Waals surface area contributed by atoms with Gasteiger partial charge in [0.2, 0.25) is 0 Å². The molecule has 1 fully saturated rings. The summed E-state index contributed by atoms with van der Waals surface area (Å²) in [6.45, 7) is 11.4. The second kappa shape index (κ2) is 6.65. The molecule has 2 nitrogen and oxygen atoms in total. The number of rotatable bonds is 4. The number of hydrogen-bond acceptors (Lipinski definition) is 2. The molecule has 0 bridgehead atoms. The fourth-order valence-electron chi connectivity index (χ4n) is 3.49. The summed E-state index contributed by atoms with van der Waals surface area (Å²) in [5.74, 6) is 3.16. The second-order valence-electron chi connectivity index (χ2n) is 7.18. The zero-order valence-electron chi connectivity index (χ0n) is 13.2. The van der Waals surface area contributed by atoms with Gasteiger partial charge in [-0.1, -0.05) is 27.7 Å². The quantitative estimate of drug-likeness (QED) is 0.814. The van der Waals surface area contributed by atoms with Crippen LogP contribution in [0.2, 0.25) is 0 Å². The van der Waals surface area contributed by atoms with Crippen LogP contribution in [0.1, 0.15) is 58.6 Å². The summed E-state index contributed by atoms with van der Waals surface area (Å²) in [6.07, 6.45) is 5.69. The standard InChI is InChI=1S/C17H28BrNO/c1-5-19-11-12-6-7-13(17(2,3)4)10-14(12)16-15(18)8-9-20-16/h8-9,12-14,19H,5-7,10-11H2,1-4H3. The summed E-state index contributed by atoms with van der Waals surface area (Å²) in [7, 11) is 0. The summed E-state index contributed by atoms with van der Waals surface area (Å²) < 4.78 is 6.94. The van der Waals surface area contributed by atoms with Crippen molar-refractivity contribution in [2.75, 3.05) is 13.1 Å². The molecule has 0 aliphatic heterocycles. The van der Waals surface area contributed by atoms with E-state index >= 15 is 0 Å². The zero-order valence-corrected chi connectivity index (χ0v) is 14.8. The van der Waals surface area contributed by atoms with Gasteiger partial charge in [-0.25, -0.2) is 0 Å². The minimum atomic E-state index is 0.389. The Morgan fingerprint density at radius 2 is 2.10 bits per heavy atom. The number of halogens is 1. The van der Waals surface area contributed by atoms with Crippen LogP contribution in [0.15, 0.2) is 21.2 Å². The molecule has 3 unspecified atom stereocenters. The molecule has 3 atom stereocenters. The Morgan fingerprint density at radius 3 is 2.65 bits per heavy atom. The minimum absolute atomic E-state index is 0.389. The van der Waals surface area contributed by atoms with Gasteiger partial charge in [-0.3, -0.25) is 0 Å². The normalized spacial score (nSPS) is 27.8. The molecular formula is C17H28BrNO. The predicted molar refractivity (Wildman–Crippen MR) is 88.0 cm³/mol. The third-order valence-corrected chi connectivity index (χ3v) is 5.51. The molecule has 1 aromatic heterocycles. The summed E-state index contributed by atoms with van der Waals surface area (Å²) in [5.41, 5.74) is 0.389. The Morgan fingerprint density at radius 1 is 1.35 bits per heavy atom. The van der Waals surface area contributed by atoms with Crippen LogP contribution in [0, 0.1) is 17.3 Å². The monoisotopic (exact) mass is 341 g/mol. The summed E-state index contributed by atoms with van der Waals surface area (Å²) in [5, 5.41) is 3.53. The van der Waals surface area contributed by atoms with Gasteiger partial charge in [-0.05, 0) is 71.6 Å². The number of hydrogen-bond donors (Lipinski definition) is 1. The zero-order chi connectivity index (χ0) is 14.8. The van der Waals surface area contributed by atoms with Crippen molar-refractivity contribution in [3.63, 3.8) is 0 Å². The lowest BCUT2D eigenvalue weighted by Gasteiger charge is -2.41. The van der Waals surface area contributed by atoms with Crippen LogP contribution < -0.4 is 5.32 Å². The summed E-state index contributed by atoms with van der Waals surface area (Å²) in [6, 6.07) is 2.03. The second-order valence-corrected chi connectivity index (χ2v) is 8.04. The first-order valence-corrected chi connectivity index (χ1v) is 8.66. The Hall–Kier alpha value is -0.280. The van der Waals surface area contributed by atoms with Gasteiger partial charge >= 0.3 is 0 Å². The lowest BCUT2D eigenvalue weighted by molar-refractivity contribution is 0.120. The Labute approximate surface area is 131 Å². The van der Waals surface area contributed by atoms with Gasteiger partial charge in [-0.15, -0.1) is 0 Å². The van der Waals surface area contributed by atoms with E-state index in [-0.39, 0.29) is 0 Å². The third kappa shape index (κ3) is 3.67. The molecule has 0 saturated heterocycles. The lowest BCUT2D eigenvalue weighted by atomic mass is 9.65. The van der Waals surface area contributed by atoms with Crippen molar-refractivity contribution >= 4 is 15.9 Å². The fourth-order valence-corrected chi connectivity index (χ4v) is 3.98. The van der Waals surface area contributed by atoms with Crippen LogP contribution in [0.5, 0.6) is 0 Å². The van der Waals surface area contributed by atoms with Gasteiger partial charge in [0.05, 0.1) is 10.7 Å². The SMILES string of the molecule is CCNCC1CCC(C(C)(C)C)CC1c1occc1Br. The van der Waals surface area contributed by atoms with E-state index in [1.807, 2.05) is 12.3 Å². The molecule has 0 amide bonds. The van der Waals surface area contributed by atoms with Gasteiger partial charge in [0.15, 0.2) is 0 Å². The largest absolute Gasteiger partial charge is 0.468 e. The highest BCUT2D eigenvalue weighted by atomic mass is 79.9. The highest BCUT2D eigenvalue weighted by Crippen LogP contribution is 2.48. The molecule has 1 aromatic rings. The van der Waals surface area contributed by atoms with Crippen LogP contribution in [0.3, 0.4) is 0 Å². The van der Waals surface area contributed by atoms with E-state index in [0.717, 1.165) is 29.2 Å². The van der Waals surface area contributed by atoms with E-state index in [9.17, 15) is 0 Å². The lowest BCUT2D eigenvalue weighted by Crippen LogP contribution is -2.35. The van der Waals surface area contributed by atoms with Gasteiger partial charge in [0.1, 0.15) is 5.76 Å². The molecule has 1 aliphatic carbocycles. The average Bonchev–Trinajstić information content (AvgIpc) is 2.81.